The maximum atomic E-state index is 11.9. The smallest absolute Gasteiger partial charge is 0.302 e. The largest absolute Gasteiger partial charge is 0.463 e. The number of hydrogen-bond donors (Lipinski definition) is 2. The summed E-state index contributed by atoms with van der Waals surface area (Å²) in [6.07, 6.45) is 0.278. The van der Waals surface area contributed by atoms with Crippen molar-refractivity contribution in [1.82, 2.24) is 25.9 Å². The number of aromatic amines is 1. The van der Waals surface area contributed by atoms with Gasteiger partial charge in [0.05, 0.1) is 0 Å². The highest BCUT2D eigenvalue weighted by Crippen LogP contribution is 2.30. The van der Waals surface area contributed by atoms with Gasteiger partial charge in [0.15, 0.2) is 0 Å². The van der Waals surface area contributed by atoms with E-state index in [1.807, 2.05) is 48.5 Å². The number of nitrogens with zero attached hydrogens (tertiary/aromatic N) is 3. The molecule has 0 saturated carbocycles. The molecule has 1 aromatic heterocycles. The number of H-pyrrole nitrogens is 1. The molecule has 3 aromatic rings. The summed E-state index contributed by atoms with van der Waals surface area (Å²) >= 11 is 0. The molecule has 10 nitrogen and oxygen atoms in total. The number of benzene rings is 2. The minimum absolute atomic E-state index is 0.141. The molecule has 172 valence electrons. The standard InChI is InChI=1S/C23H25N5O5/c1-15(29)24-23(13-32-16(2)30,14-33-17(3)31)12-18-8-10-19(11-9-18)20-6-4-5-7-21(20)22-25-27-28-26-22/h4-11H,12-14H2,1-3H3,(H,24,29)(H,25,26,27,28). The average Bonchev–Trinajstić information content (AvgIpc) is 3.31. The molecule has 0 fully saturated rings. The van der Waals surface area contributed by atoms with Gasteiger partial charge in [-0.1, -0.05) is 48.5 Å². The number of amides is 1. The SMILES string of the molecule is CC(=O)NC(COC(C)=O)(COC(C)=O)Cc1ccc(-c2ccccc2-c2nn[nH]n2)cc1. The number of aromatic nitrogens is 4. The lowest BCUT2D eigenvalue weighted by atomic mass is 9.90. The van der Waals surface area contributed by atoms with E-state index in [0.29, 0.717) is 5.82 Å². The Morgan fingerprint density at radius 1 is 0.909 bits per heavy atom. The Labute approximate surface area is 190 Å². The molecule has 0 aliphatic carbocycles. The van der Waals surface area contributed by atoms with E-state index in [1.165, 1.54) is 20.8 Å². The van der Waals surface area contributed by atoms with Gasteiger partial charge in [-0.3, -0.25) is 14.4 Å². The molecule has 0 unspecified atom stereocenters. The van der Waals surface area contributed by atoms with Crippen LogP contribution in [0.4, 0.5) is 0 Å². The molecule has 0 bridgehead atoms. The van der Waals surface area contributed by atoms with E-state index in [1.54, 1.807) is 0 Å². The monoisotopic (exact) mass is 451 g/mol. The minimum Gasteiger partial charge on any atom is -0.463 e. The topological polar surface area (TPSA) is 136 Å². The van der Waals surface area contributed by atoms with Crippen LogP contribution < -0.4 is 5.32 Å². The van der Waals surface area contributed by atoms with Crippen LogP contribution in [0.25, 0.3) is 22.5 Å². The zero-order chi connectivity index (χ0) is 23.8. The summed E-state index contributed by atoms with van der Waals surface area (Å²) in [5.74, 6) is -0.843. The Morgan fingerprint density at radius 3 is 2.03 bits per heavy atom. The minimum atomic E-state index is -1.10. The molecule has 0 spiro atoms. The van der Waals surface area contributed by atoms with Crippen LogP contribution in [0.5, 0.6) is 0 Å². The molecule has 33 heavy (non-hydrogen) atoms. The van der Waals surface area contributed by atoms with Crippen LogP contribution >= 0.6 is 0 Å². The number of tetrazole rings is 1. The molecule has 2 N–H and O–H groups in total. The van der Waals surface area contributed by atoms with Crippen LogP contribution in [0.15, 0.2) is 48.5 Å². The summed E-state index contributed by atoms with van der Waals surface area (Å²) in [5, 5.41) is 17.0. The van der Waals surface area contributed by atoms with Gasteiger partial charge in [0.25, 0.3) is 0 Å². The number of esters is 2. The zero-order valence-electron chi connectivity index (χ0n) is 18.6. The first kappa shape index (κ1) is 23.6. The van der Waals surface area contributed by atoms with Crippen LogP contribution in [-0.2, 0) is 30.3 Å². The Bertz CT molecular complexity index is 1090. The molecule has 0 aliphatic rings. The highest BCUT2D eigenvalue weighted by Gasteiger charge is 2.34. The Morgan fingerprint density at radius 2 is 1.52 bits per heavy atom. The number of carbonyl (C=O) groups excluding carboxylic acids is 3. The van der Waals surface area contributed by atoms with E-state index < -0.39 is 17.5 Å². The van der Waals surface area contributed by atoms with E-state index in [9.17, 15) is 14.4 Å². The molecule has 2 aromatic carbocycles. The third kappa shape index (κ3) is 6.45. The van der Waals surface area contributed by atoms with Crippen molar-refractivity contribution in [1.29, 1.82) is 0 Å². The van der Waals surface area contributed by atoms with E-state index in [4.69, 9.17) is 9.47 Å². The van der Waals surface area contributed by atoms with Crippen molar-refractivity contribution in [2.24, 2.45) is 0 Å². The second-order valence-electron chi connectivity index (χ2n) is 7.68. The molecule has 0 atom stereocenters. The second-order valence-corrected chi connectivity index (χ2v) is 7.68. The zero-order valence-corrected chi connectivity index (χ0v) is 18.6. The lowest BCUT2D eigenvalue weighted by molar-refractivity contribution is -0.150. The molecule has 1 heterocycles. The van der Waals surface area contributed by atoms with Gasteiger partial charge < -0.3 is 14.8 Å². The molecule has 10 heteroatoms. The maximum absolute atomic E-state index is 11.9. The fourth-order valence-electron chi connectivity index (χ4n) is 3.51. The van der Waals surface area contributed by atoms with Crippen LogP contribution in [0, 0.1) is 0 Å². The number of rotatable bonds is 9. The highest BCUT2D eigenvalue weighted by molar-refractivity contribution is 5.80. The third-order valence-electron chi connectivity index (χ3n) is 4.87. The van der Waals surface area contributed by atoms with E-state index in [-0.39, 0.29) is 25.5 Å². The third-order valence-corrected chi connectivity index (χ3v) is 4.87. The molecular formula is C23H25N5O5. The van der Waals surface area contributed by atoms with Gasteiger partial charge >= 0.3 is 11.9 Å². The fourth-order valence-corrected chi connectivity index (χ4v) is 3.51. The number of ether oxygens (including phenoxy) is 2. The van der Waals surface area contributed by atoms with Gasteiger partial charge in [0, 0.05) is 32.8 Å². The summed E-state index contributed by atoms with van der Waals surface area (Å²) < 4.78 is 10.4. The predicted molar refractivity (Wildman–Crippen MR) is 119 cm³/mol. The molecule has 3 rings (SSSR count). The first-order valence-corrected chi connectivity index (χ1v) is 10.3. The van der Waals surface area contributed by atoms with Crippen LogP contribution in [-0.4, -0.2) is 57.2 Å². The molecular weight excluding hydrogens is 426 g/mol. The average molecular weight is 451 g/mol. The van der Waals surface area contributed by atoms with Crippen molar-refractivity contribution in [3.05, 3.63) is 54.1 Å². The number of nitrogens with one attached hydrogen (secondary N) is 2. The first-order chi connectivity index (χ1) is 15.8. The summed E-state index contributed by atoms with van der Waals surface area (Å²) in [7, 11) is 0. The second kappa shape index (κ2) is 10.5. The van der Waals surface area contributed by atoms with Crippen LogP contribution in [0.3, 0.4) is 0 Å². The Kier molecular flexibility index (Phi) is 7.50. The fraction of sp³-hybridized carbons (Fsp3) is 0.304. The predicted octanol–water partition coefficient (Wildman–Crippen LogP) is 2.08. The Hall–Kier alpha value is -4.08. The van der Waals surface area contributed by atoms with Crippen molar-refractivity contribution in [2.75, 3.05) is 13.2 Å². The van der Waals surface area contributed by atoms with Gasteiger partial charge in [-0.2, -0.15) is 5.21 Å². The van der Waals surface area contributed by atoms with E-state index in [0.717, 1.165) is 22.3 Å². The van der Waals surface area contributed by atoms with Crippen molar-refractivity contribution in [3.8, 4) is 22.5 Å². The van der Waals surface area contributed by atoms with Gasteiger partial charge in [-0.05, 0) is 21.9 Å². The lowest BCUT2D eigenvalue weighted by Gasteiger charge is -2.33. The summed E-state index contributed by atoms with van der Waals surface area (Å²) in [5.41, 5.74) is 2.44. The van der Waals surface area contributed by atoms with E-state index in [2.05, 4.69) is 25.9 Å². The normalized spacial score (nSPS) is 11.0. The number of carbonyl (C=O) groups is 3. The molecule has 0 radical (unpaired) electrons. The van der Waals surface area contributed by atoms with Gasteiger partial charge in [0.2, 0.25) is 11.7 Å². The van der Waals surface area contributed by atoms with Crippen molar-refractivity contribution >= 4 is 17.8 Å². The molecule has 0 aliphatic heterocycles. The van der Waals surface area contributed by atoms with Crippen molar-refractivity contribution < 1.29 is 23.9 Å². The van der Waals surface area contributed by atoms with Crippen molar-refractivity contribution in [3.63, 3.8) is 0 Å². The number of hydrogen-bond acceptors (Lipinski definition) is 8. The maximum Gasteiger partial charge on any atom is 0.302 e. The molecule has 1 amide bonds. The quantitative estimate of drug-likeness (QED) is 0.472. The van der Waals surface area contributed by atoms with Crippen LogP contribution in [0.2, 0.25) is 0 Å². The summed E-state index contributed by atoms with van der Waals surface area (Å²) in [4.78, 5) is 34.8. The summed E-state index contributed by atoms with van der Waals surface area (Å²) in [6, 6.07) is 15.4. The lowest BCUT2D eigenvalue weighted by Crippen LogP contribution is -2.56. The van der Waals surface area contributed by atoms with Gasteiger partial charge in [0.1, 0.15) is 18.8 Å². The van der Waals surface area contributed by atoms with Gasteiger partial charge in [-0.25, -0.2) is 0 Å². The molecule has 0 saturated heterocycles. The highest BCUT2D eigenvalue weighted by atomic mass is 16.5. The van der Waals surface area contributed by atoms with Crippen LogP contribution in [0.1, 0.15) is 26.3 Å². The summed E-state index contributed by atoms with van der Waals surface area (Å²) in [6.45, 7) is 3.63. The van der Waals surface area contributed by atoms with E-state index >= 15 is 0 Å². The first-order valence-electron chi connectivity index (χ1n) is 10.3. The Balaban J connectivity index is 1.89. The van der Waals surface area contributed by atoms with Gasteiger partial charge in [-0.15, -0.1) is 10.2 Å². The van der Waals surface area contributed by atoms with Crippen molar-refractivity contribution in [2.45, 2.75) is 32.7 Å².